The fraction of sp³-hybridized carbons (Fsp3) is 0.154. The van der Waals surface area contributed by atoms with Gasteiger partial charge in [-0.3, -0.25) is 4.99 Å². The predicted molar refractivity (Wildman–Crippen MR) is 68.8 cm³/mol. The van der Waals surface area contributed by atoms with Gasteiger partial charge >= 0.3 is 0 Å². The minimum atomic E-state index is 1.00. The van der Waals surface area contributed by atoms with Gasteiger partial charge in [0.2, 0.25) is 0 Å². The third kappa shape index (κ3) is 2.66. The Kier molecular flexibility index (Phi) is 3.17. The Hall–Kier alpha value is -1.15. The molecule has 1 aliphatic carbocycles. The topological polar surface area (TPSA) is 12.4 Å². The lowest BCUT2D eigenvalue weighted by Gasteiger charge is -2.01. The van der Waals surface area contributed by atoms with Gasteiger partial charge in [-0.15, -0.1) is 0 Å². The van der Waals surface area contributed by atoms with Gasteiger partial charge in [0.25, 0.3) is 0 Å². The second kappa shape index (κ2) is 4.58. The van der Waals surface area contributed by atoms with Gasteiger partial charge < -0.3 is 0 Å². The summed E-state index contributed by atoms with van der Waals surface area (Å²) in [5, 5.41) is 0. The summed E-state index contributed by atoms with van der Waals surface area (Å²) in [5.74, 6) is 0. The maximum Gasteiger partial charge on any atom is 0.0633 e. The Morgan fingerprint density at radius 2 is 2.00 bits per heavy atom. The fourth-order valence-electron chi connectivity index (χ4n) is 1.50. The van der Waals surface area contributed by atoms with Crippen molar-refractivity contribution in [1.29, 1.82) is 0 Å². The highest BCUT2D eigenvalue weighted by atomic mass is 79.9. The van der Waals surface area contributed by atoms with Crippen molar-refractivity contribution in [2.75, 3.05) is 0 Å². The van der Waals surface area contributed by atoms with Crippen molar-refractivity contribution in [2.24, 2.45) is 4.99 Å². The lowest BCUT2D eigenvalue weighted by Crippen LogP contribution is -1.93. The average Bonchev–Trinajstić information content (AvgIpc) is 2.74. The molecule has 0 atom stereocenters. The van der Waals surface area contributed by atoms with Crippen LogP contribution in [0.5, 0.6) is 0 Å². The lowest BCUT2D eigenvalue weighted by molar-refractivity contribution is 1.34. The van der Waals surface area contributed by atoms with Gasteiger partial charge in [-0.1, -0.05) is 34.2 Å². The zero-order chi connectivity index (χ0) is 10.7. The van der Waals surface area contributed by atoms with Gasteiger partial charge in [0.15, 0.2) is 0 Å². The second-order valence-electron chi connectivity index (χ2n) is 3.50. The van der Waals surface area contributed by atoms with E-state index in [4.69, 9.17) is 0 Å². The smallest absolute Gasteiger partial charge is 0.0633 e. The molecule has 0 fully saturated rings. The second-order valence-corrected chi connectivity index (χ2v) is 4.41. The SMILES string of the molecule is CC(=Nc1ccc(Br)cc1)C1=CC=CC1. The van der Waals surface area contributed by atoms with Crippen LogP contribution >= 0.6 is 15.9 Å². The molecule has 0 bridgehead atoms. The summed E-state index contributed by atoms with van der Waals surface area (Å²) in [4.78, 5) is 4.57. The first-order valence-corrected chi connectivity index (χ1v) is 5.72. The van der Waals surface area contributed by atoms with Gasteiger partial charge in [-0.25, -0.2) is 0 Å². The van der Waals surface area contributed by atoms with Crippen molar-refractivity contribution in [3.05, 3.63) is 52.5 Å². The Morgan fingerprint density at radius 1 is 1.27 bits per heavy atom. The van der Waals surface area contributed by atoms with Crippen molar-refractivity contribution < 1.29 is 0 Å². The molecule has 0 aliphatic heterocycles. The van der Waals surface area contributed by atoms with Crippen LogP contribution in [0.25, 0.3) is 0 Å². The molecule has 1 aliphatic rings. The largest absolute Gasteiger partial charge is 0.253 e. The summed E-state index contributed by atoms with van der Waals surface area (Å²) < 4.78 is 1.08. The van der Waals surface area contributed by atoms with Crippen LogP contribution in [0, 0.1) is 0 Å². The number of rotatable bonds is 2. The van der Waals surface area contributed by atoms with E-state index < -0.39 is 0 Å². The molecule has 0 spiro atoms. The number of aliphatic imine (C=N–C) groups is 1. The zero-order valence-electron chi connectivity index (χ0n) is 8.57. The summed E-state index contributed by atoms with van der Waals surface area (Å²) in [7, 11) is 0. The van der Waals surface area contributed by atoms with Crippen LogP contribution in [0.2, 0.25) is 0 Å². The zero-order valence-corrected chi connectivity index (χ0v) is 10.2. The molecule has 0 amide bonds. The minimum absolute atomic E-state index is 1.00. The van der Waals surface area contributed by atoms with E-state index in [2.05, 4.69) is 46.1 Å². The molecule has 2 rings (SSSR count). The molecule has 0 heterocycles. The highest BCUT2D eigenvalue weighted by Gasteiger charge is 2.02. The Morgan fingerprint density at radius 3 is 2.60 bits per heavy atom. The van der Waals surface area contributed by atoms with E-state index in [9.17, 15) is 0 Å². The fourth-order valence-corrected chi connectivity index (χ4v) is 1.76. The number of benzene rings is 1. The first-order chi connectivity index (χ1) is 7.25. The highest BCUT2D eigenvalue weighted by Crippen LogP contribution is 2.20. The molecule has 1 nitrogen and oxygen atoms in total. The number of hydrogen-bond acceptors (Lipinski definition) is 1. The number of nitrogens with zero attached hydrogens (tertiary/aromatic N) is 1. The molecule has 1 aromatic carbocycles. The van der Waals surface area contributed by atoms with E-state index >= 15 is 0 Å². The molecule has 15 heavy (non-hydrogen) atoms. The molecule has 0 aromatic heterocycles. The van der Waals surface area contributed by atoms with Crippen LogP contribution in [0.15, 0.2) is 57.5 Å². The van der Waals surface area contributed by atoms with Crippen LogP contribution in [-0.4, -0.2) is 5.71 Å². The number of hydrogen-bond donors (Lipinski definition) is 0. The van der Waals surface area contributed by atoms with Crippen LogP contribution in [0.4, 0.5) is 5.69 Å². The van der Waals surface area contributed by atoms with Crippen LogP contribution in [-0.2, 0) is 0 Å². The summed E-state index contributed by atoms with van der Waals surface area (Å²) in [6.07, 6.45) is 7.36. The molecule has 2 heteroatoms. The highest BCUT2D eigenvalue weighted by molar-refractivity contribution is 9.10. The van der Waals surface area contributed by atoms with Crippen molar-refractivity contribution in [2.45, 2.75) is 13.3 Å². The van der Waals surface area contributed by atoms with Gasteiger partial charge in [-0.05, 0) is 43.2 Å². The van der Waals surface area contributed by atoms with E-state index in [-0.39, 0.29) is 0 Å². The number of halogens is 1. The summed E-state index contributed by atoms with van der Waals surface area (Å²) in [6.45, 7) is 2.06. The molecular formula is C13H12BrN. The van der Waals surface area contributed by atoms with Gasteiger partial charge in [0.05, 0.1) is 5.69 Å². The first-order valence-electron chi connectivity index (χ1n) is 4.92. The average molecular weight is 262 g/mol. The van der Waals surface area contributed by atoms with E-state index in [1.54, 1.807) is 0 Å². The van der Waals surface area contributed by atoms with Gasteiger partial charge in [-0.2, -0.15) is 0 Å². The molecule has 1 aromatic rings. The Balaban J connectivity index is 2.19. The standard InChI is InChI=1S/C13H12BrN/c1-10(11-4-2-3-5-11)15-13-8-6-12(14)7-9-13/h2-4,6-9H,5H2,1H3. The van der Waals surface area contributed by atoms with E-state index in [0.29, 0.717) is 0 Å². The first kappa shape index (κ1) is 10.4. The summed E-state index contributed by atoms with van der Waals surface area (Å²) in [5.41, 5.74) is 3.41. The molecule has 0 N–H and O–H groups in total. The lowest BCUT2D eigenvalue weighted by atomic mass is 10.1. The number of allylic oxidation sites excluding steroid dienone is 4. The van der Waals surface area contributed by atoms with E-state index in [0.717, 1.165) is 22.3 Å². The quantitative estimate of drug-likeness (QED) is 0.699. The minimum Gasteiger partial charge on any atom is -0.253 e. The molecular weight excluding hydrogens is 250 g/mol. The van der Waals surface area contributed by atoms with E-state index in [1.165, 1.54) is 5.57 Å². The molecule has 0 unspecified atom stereocenters. The maximum absolute atomic E-state index is 4.57. The normalized spacial score (nSPS) is 15.6. The molecule has 76 valence electrons. The van der Waals surface area contributed by atoms with Crippen molar-refractivity contribution in [3.63, 3.8) is 0 Å². The predicted octanol–water partition coefficient (Wildman–Crippen LogP) is 4.43. The third-order valence-electron chi connectivity index (χ3n) is 2.36. The van der Waals surface area contributed by atoms with Crippen molar-refractivity contribution in [3.8, 4) is 0 Å². The van der Waals surface area contributed by atoms with Crippen molar-refractivity contribution >= 4 is 27.3 Å². The molecule has 0 radical (unpaired) electrons. The third-order valence-corrected chi connectivity index (χ3v) is 2.89. The van der Waals surface area contributed by atoms with Crippen LogP contribution in [0.1, 0.15) is 13.3 Å². The summed E-state index contributed by atoms with van der Waals surface area (Å²) >= 11 is 3.41. The van der Waals surface area contributed by atoms with Gasteiger partial charge in [0, 0.05) is 10.2 Å². The van der Waals surface area contributed by atoms with Gasteiger partial charge in [0.1, 0.15) is 0 Å². The molecule has 0 saturated heterocycles. The van der Waals surface area contributed by atoms with Crippen molar-refractivity contribution in [1.82, 2.24) is 0 Å². The Labute approximate surface area is 98.4 Å². The molecule has 0 saturated carbocycles. The monoisotopic (exact) mass is 261 g/mol. The Bertz CT molecular complexity index is 438. The summed E-state index contributed by atoms with van der Waals surface area (Å²) in [6, 6.07) is 8.04. The van der Waals surface area contributed by atoms with E-state index in [1.807, 2.05) is 24.3 Å². The maximum atomic E-state index is 4.57. The van der Waals surface area contributed by atoms with Crippen LogP contribution < -0.4 is 0 Å². The van der Waals surface area contributed by atoms with Crippen LogP contribution in [0.3, 0.4) is 0 Å².